The highest BCUT2D eigenvalue weighted by molar-refractivity contribution is 9.10. The number of hydrogen-bond acceptors (Lipinski definition) is 2. The van der Waals surface area contributed by atoms with Crippen LogP contribution in [0.5, 0.6) is 5.75 Å². The lowest BCUT2D eigenvalue weighted by atomic mass is 9.65. The van der Waals surface area contributed by atoms with Gasteiger partial charge in [-0.15, -0.1) is 0 Å². The van der Waals surface area contributed by atoms with E-state index in [-0.39, 0.29) is 10.0 Å². The van der Waals surface area contributed by atoms with E-state index in [9.17, 15) is 13.9 Å². The monoisotopic (exact) mass is 287 g/mol. The van der Waals surface area contributed by atoms with Gasteiger partial charge >= 0.3 is 0 Å². The average molecular weight is 288 g/mol. The third-order valence-electron chi connectivity index (χ3n) is 3.04. The topological polar surface area (TPSA) is 44.0 Å². The van der Waals surface area contributed by atoms with Gasteiger partial charge in [0.2, 0.25) is 0 Å². The summed E-state index contributed by atoms with van der Waals surface area (Å²) in [5, 5.41) is 18.6. The zero-order valence-corrected chi connectivity index (χ0v) is 9.81. The van der Waals surface area contributed by atoms with Crippen molar-refractivity contribution in [2.75, 3.05) is 0 Å². The van der Waals surface area contributed by atoms with E-state index in [4.69, 9.17) is 5.26 Å². The van der Waals surface area contributed by atoms with E-state index in [1.807, 2.05) is 6.07 Å². The Morgan fingerprint density at radius 3 is 2.50 bits per heavy atom. The molecule has 0 amide bonds. The Labute approximate surface area is 99.6 Å². The Kier molecular flexibility index (Phi) is 2.62. The summed E-state index contributed by atoms with van der Waals surface area (Å²) >= 11 is 2.77. The van der Waals surface area contributed by atoms with E-state index in [1.54, 1.807) is 0 Å². The highest BCUT2D eigenvalue weighted by atomic mass is 79.9. The molecule has 0 radical (unpaired) electrons. The van der Waals surface area contributed by atoms with Crippen LogP contribution in [0, 0.1) is 23.0 Å². The first-order valence-corrected chi connectivity index (χ1v) is 5.59. The molecule has 1 aromatic carbocycles. The minimum atomic E-state index is -0.996. The third kappa shape index (κ3) is 1.40. The van der Waals surface area contributed by atoms with E-state index in [0.717, 1.165) is 12.5 Å². The summed E-state index contributed by atoms with van der Waals surface area (Å²) in [7, 11) is 0. The smallest absolute Gasteiger partial charge is 0.148 e. The van der Waals surface area contributed by atoms with E-state index in [2.05, 4.69) is 15.9 Å². The molecule has 1 saturated carbocycles. The third-order valence-corrected chi connectivity index (χ3v) is 3.77. The Morgan fingerprint density at radius 1 is 1.44 bits per heavy atom. The Bertz CT molecular complexity index is 492. The van der Waals surface area contributed by atoms with Gasteiger partial charge in [0.25, 0.3) is 0 Å². The normalized spacial score (nSPS) is 17.6. The second kappa shape index (κ2) is 3.70. The fourth-order valence-corrected chi connectivity index (χ4v) is 2.30. The van der Waals surface area contributed by atoms with E-state index in [0.29, 0.717) is 12.8 Å². The molecule has 2 nitrogen and oxygen atoms in total. The van der Waals surface area contributed by atoms with Crippen LogP contribution < -0.4 is 0 Å². The number of benzene rings is 1. The second-order valence-corrected chi connectivity index (χ2v) is 4.72. The molecule has 0 unspecified atom stereocenters. The molecule has 2 rings (SSSR count). The number of phenolic OH excluding ortho intramolecular Hbond substituents is 1. The summed E-state index contributed by atoms with van der Waals surface area (Å²) in [6, 6.07) is 2.85. The van der Waals surface area contributed by atoms with Gasteiger partial charge in [-0.1, -0.05) is 0 Å². The van der Waals surface area contributed by atoms with Crippen LogP contribution in [0.25, 0.3) is 0 Å². The molecule has 84 valence electrons. The average Bonchev–Trinajstić information content (AvgIpc) is 2.18. The van der Waals surface area contributed by atoms with Crippen LogP contribution in [0.3, 0.4) is 0 Å². The predicted molar refractivity (Wildman–Crippen MR) is 56.9 cm³/mol. The minimum Gasteiger partial charge on any atom is -0.507 e. The van der Waals surface area contributed by atoms with Gasteiger partial charge in [0.15, 0.2) is 0 Å². The molecular formula is C11H8BrF2NO. The molecule has 0 heterocycles. The van der Waals surface area contributed by atoms with Crippen molar-refractivity contribution in [3.63, 3.8) is 0 Å². The first-order valence-electron chi connectivity index (χ1n) is 4.80. The van der Waals surface area contributed by atoms with Gasteiger partial charge in [0.1, 0.15) is 17.4 Å². The summed E-state index contributed by atoms with van der Waals surface area (Å²) in [6.07, 6.45) is 1.79. The fourth-order valence-electron chi connectivity index (χ4n) is 1.99. The van der Waals surface area contributed by atoms with Crippen molar-refractivity contribution in [2.45, 2.75) is 24.7 Å². The number of aromatic hydroxyl groups is 1. The zero-order valence-electron chi connectivity index (χ0n) is 8.23. The maximum atomic E-state index is 13.8. The molecule has 0 bridgehead atoms. The van der Waals surface area contributed by atoms with Gasteiger partial charge in [-0.3, -0.25) is 0 Å². The fraction of sp³-hybridized carbons (Fsp3) is 0.364. The number of rotatable bonds is 1. The van der Waals surface area contributed by atoms with Gasteiger partial charge in [0, 0.05) is 6.07 Å². The second-order valence-electron chi connectivity index (χ2n) is 3.93. The molecule has 5 heteroatoms. The van der Waals surface area contributed by atoms with Crippen LogP contribution in [0.4, 0.5) is 8.78 Å². The van der Waals surface area contributed by atoms with Gasteiger partial charge in [0.05, 0.1) is 21.5 Å². The van der Waals surface area contributed by atoms with Crippen molar-refractivity contribution >= 4 is 15.9 Å². The maximum Gasteiger partial charge on any atom is 0.148 e. The lowest BCUT2D eigenvalue weighted by Crippen LogP contribution is -2.33. The SMILES string of the molecule is N#CC1(c2c(O)cc(F)c(Br)c2F)CCC1. The van der Waals surface area contributed by atoms with Crippen molar-refractivity contribution in [3.8, 4) is 11.8 Å². The first kappa shape index (κ1) is 11.3. The molecule has 0 atom stereocenters. The van der Waals surface area contributed by atoms with Gasteiger partial charge in [-0.05, 0) is 35.2 Å². The van der Waals surface area contributed by atoms with Crippen LogP contribution in [0.1, 0.15) is 24.8 Å². The molecule has 16 heavy (non-hydrogen) atoms. The zero-order chi connectivity index (χ0) is 11.9. The number of nitrogens with zero attached hydrogens (tertiary/aromatic N) is 1. The van der Waals surface area contributed by atoms with Crippen LogP contribution in [-0.2, 0) is 5.41 Å². The minimum absolute atomic E-state index is 0.0884. The van der Waals surface area contributed by atoms with E-state index in [1.165, 1.54) is 0 Å². The number of halogens is 3. The van der Waals surface area contributed by atoms with Gasteiger partial charge in [-0.25, -0.2) is 8.78 Å². The van der Waals surface area contributed by atoms with Crippen LogP contribution in [0.15, 0.2) is 10.5 Å². The first-order chi connectivity index (χ1) is 7.52. The van der Waals surface area contributed by atoms with Crippen molar-refractivity contribution in [1.29, 1.82) is 5.26 Å². The number of phenols is 1. The van der Waals surface area contributed by atoms with E-state index < -0.39 is 22.8 Å². The van der Waals surface area contributed by atoms with E-state index >= 15 is 0 Å². The molecule has 0 aliphatic heterocycles. The largest absolute Gasteiger partial charge is 0.507 e. The Morgan fingerprint density at radius 2 is 2.06 bits per heavy atom. The molecular weight excluding hydrogens is 280 g/mol. The van der Waals surface area contributed by atoms with Gasteiger partial charge < -0.3 is 5.11 Å². The highest BCUT2D eigenvalue weighted by Crippen LogP contribution is 2.48. The predicted octanol–water partition coefficient (Wildman–Crippen LogP) is 3.38. The number of hydrogen-bond donors (Lipinski definition) is 1. The molecule has 1 aromatic rings. The van der Waals surface area contributed by atoms with Gasteiger partial charge in [-0.2, -0.15) is 5.26 Å². The molecule has 1 aliphatic rings. The molecule has 0 aromatic heterocycles. The quantitative estimate of drug-likeness (QED) is 0.805. The lowest BCUT2D eigenvalue weighted by molar-refractivity contribution is 0.298. The molecule has 1 aliphatic carbocycles. The standard InChI is InChI=1S/C11H8BrF2NO/c12-9-6(13)4-7(16)8(10(9)14)11(5-15)2-1-3-11/h4,16H,1-3H2. The molecule has 0 saturated heterocycles. The molecule has 1 N–H and O–H groups in total. The summed E-state index contributed by atoms with van der Waals surface area (Å²) in [5.74, 6) is -2.23. The van der Waals surface area contributed by atoms with Crippen molar-refractivity contribution in [3.05, 3.63) is 27.7 Å². The summed E-state index contributed by atoms with van der Waals surface area (Å²) in [5.41, 5.74) is -1.08. The summed E-state index contributed by atoms with van der Waals surface area (Å²) in [4.78, 5) is 0. The summed E-state index contributed by atoms with van der Waals surface area (Å²) in [6.45, 7) is 0. The highest BCUT2D eigenvalue weighted by Gasteiger charge is 2.44. The number of nitriles is 1. The molecule has 0 spiro atoms. The van der Waals surface area contributed by atoms with Crippen LogP contribution in [0.2, 0.25) is 0 Å². The Balaban J connectivity index is 2.66. The van der Waals surface area contributed by atoms with Crippen LogP contribution >= 0.6 is 15.9 Å². The van der Waals surface area contributed by atoms with Crippen molar-refractivity contribution in [2.24, 2.45) is 0 Å². The van der Waals surface area contributed by atoms with Crippen molar-refractivity contribution in [1.82, 2.24) is 0 Å². The van der Waals surface area contributed by atoms with Crippen molar-refractivity contribution < 1.29 is 13.9 Å². The molecule has 1 fully saturated rings. The Hall–Kier alpha value is -1.15. The maximum absolute atomic E-state index is 13.8. The summed E-state index contributed by atoms with van der Waals surface area (Å²) < 4.78 is 26.6. The van der Waals surface area contributed by atoms with Crippen LogP contribution in [-0.4, -0.2) is 5.11 Å². The lowest BCUT2D eigenvalue weighted by Gasteiger charge is -2.36.